The summed E-state index contributed by atoms with van der Waals surface area (Å²) in [6.07, 6.45) is 5.92. The molecule has 0 saturated heterocycles. The van der Waals surface area contributed by atoms with Crippen molar-refractivity contribution in [2.75, 3.05) is 6.54 Å². The second kappa shape index (κ2) is 6.32. The lowest BCUT2D eigenvalue weighted by Gasteiger charge is -2.01. The predicted octanol–water partition coefficient (Wildman–Crippen LogP) is 2.16. The first-order chi connectivity index (χ1) is 10.3. The molecule has 0 aliphatic heterocycles. The van der Waals surface area contributed by atoms with Gasteiger partial charge < -0.3 is 5.32 Å². The maximum atomic E-state index is 11.7. The van der Waals surface area contributed by atoms with Crippen LogP contribution >= 0.6 is 11.3 Å². The molecule has 1 amide bonds. The van der Waals surface area contributed by atoms with Crippen molar-refractivity contribution in [3.05, 3.63) is 58.7 Å². The largest absolute Gasteiger partial charge is 0.352 e. The minimum atomic E-state index is -0.0998. The number of pyridine rings is 1. The molecule has 3 rings (SSSR count). The SMILES string of the molecule is O=C(/C=C/c1cccs1)NCCc1nnc2ccccn12. The summed E-state index contributed by atoms with van der Waals surface area (Å²) >= 11 is 1.60. The van der Waals surface area contributed by atoms with Crippen molar-refractivity contribution in [2.45, 2.75) is 6.42 Å². The zero-order valence-corrected chi connectivity index (χ0v) is 12.1. The number of carbonyl (C=O) groups excluding carboxylic acids is 1. The third-order valence-corrected chi connectivity index (χ3v) is 3.81. The van der Waals surface area contributed by atoms with Crippen LogP contribution in [0.15, 0.2) is 48.0 Å². The van der Waals surface area contributed by atoms with E-state index in [4.69, 9.17) is 0 Å². The monoisotopic (exact) mass is 298 g/mol. The molecule has 3 heterocycles. The first kappa shape index (κ1) is 13.5. The van der Waals surface area contributed by atoms with Gasteiger partial charge in [-0.15, -0.1) is 21.5 Å². The topological polar surface area (TPSA) is 59.3 Å². The summed E-state index contributed by atoms with van der Waals surface area (Å²) in [4.78, 5) is 12.8. The normalized spacial score (nSPS) is 11.2. The van der Waals surface area contributed by atoms with Crippen LogP contribution in [-0.2, 0) is 11.2 Å². The number of carbonyl (C=O) groups is 1. The maximum absolute atomic E-state index is 11.7. The van der Waals surface area contributed by atoms with Gasteiger partial charge in [-0.2, -0.15) is 0 Å². The highest BCUT2D eigenvalue weighted by atomic mass is 32.1. The molecule has 1 N–H and O–H groups in total. The number of thiophene rings is 1. The van der Waals surface area contributed by atoms with Gasteiger partial charge in [0.1, 0.15) is 5.82 Å². The third kappa shape index (κ3) is 3.35. The highest BCUT2D eigenvalue weighted by molar-refractivity contribution is 7.10. The van der Waals surface area contributed by atoms with Gasteiger partial charge >= 0.3 is 0 Å². The molecular weight excluding hydrogens is 284 g/mol. The Labute approximate surface area is 126 Å². The summed E-state index contributed by atoms with van der Waals surface area (Å²) in [5, 5.41) is 13.0. The average Bonchev–Trinajstić information content (AvgIpc) is 3.15. The fourth-order valence-electron chi connectivity index (χ4n) is 1.96. The number of hydrogen-bond donors (Lipinski definition) is 1. The number of hydrogen-bond acceptors (Lipinski definition) is 4. The van der Waals surface area contributed by atoms with Crippen LogP contribution in [0.3, 0.4) is 0 Å². The molecule has 0 saturated carbocycles. The van der Waals surface area contributed by atoms with Crippen LogP contribution in [0.5, 0.6) is 0 Å². The Morgan fingerprint density at radius 3 is 3.10 bits per heavy atom. The lowest BCUT2D eigenvalue weighted by atomic mass is 10.3. The Bertz CT molecular complexity index is 761. The van der Waals surface area contributed by atoms with Gasteiger partial charge in [0, 0.05) is 30.1 Å². The van der Waals surface area contributed by atoms with Crippen molar-refractivity contribution in [1.82, 2.24) is 19.9 Å². The smallest absolute Gasteiger partial charge is 0.244 e. The Morgan fingerprint density at radius 1 is 1.29 bits per heavy atom. The van der Waals surface area contributed by atoms with Gasteiger partial charge in [0.2, 0.25) is 5.91 Å². The van der Waals surface area contributed by atoms with Gasteiger partial charge in [-0.1, -0.05) is 12.1 Å². The first-order valence-corrected chi connectivity index (χ1v) is 7.49. The molecule has 0 bridgehead atoms. The van der Waals surface area contributed by atoms with E-state index in [1.807, 2.05) is 52.4 Å². The summed E-state index contributed by atoms with van der Waals surface area (Å²) in [6, 6.07) is 9.68. The maximum Gasteiger partial charge on any atom is 0.244 e. The fourth-order valence-corrected chi connectivity index (χ4v) is 2.58. The van der Waals surface area contributed by atoms with Crippen LogP contribution in [0, 0.1) is 0 Å². The average molecular weight is 298 g/mol. The molecule has 21 heavy (non-hydrogen) atoms. The fraction of sp³-hybridized carbons (Fsp3) is 0.133. The van der Waals surface area contributed by atoms with Crippen LogP contribution in [0.4, 0.5) is 0 Å². The molecule has 6 heteroatoms. The summed E-state index contributed by atoms with van der Waals surface area (Å²) in [6.45, 7) is 0.531. The summed E-state index contributed by atoms with van der Waals surface area (Å²) < 4.78 is 1.92. The van der Waals surface area contributed by atoms with Gasteiger partial charge in [-0.05, 0) is 29.7 Å². The van der Waals surface area contributed by atoms with Crippen molar-refractivity contribution in [2.24, 2.45) is 0 Å². The van der Waals surface area contributed by atoms with Crippen LogP contribution in [0.25, 0.3) is 11.7 Å². The van der Waals surface area contributed by atoms with E-state index in [1.54, 1.807) is 17.4 Å². The molecule has 0 radical (unpaired) electrons. The summed E-state index contributed by atoms with van der Waals surface area (Å²) in [5.74, 6) is 0.741. The van der Waals surface area contributed by atoms with Gasteiger partial charge in [-0.3, -0.25) is 9.20 Å². The van der Waals surface area contributed by atoms with Crippen molar-refractivity contribution >= 4 is 29.0 Å². The lowest BCUT2D eigenvalue weighted by molar-refractivity contribution is -0.116. The molecule has 0 fully saturated rings. The number of rotatable bonds is 5. The Morgan fingerprint density at radius 2 is 2.24 bits per heavy atom. The van der Waals surface area contributed by atoms with Gasteiger partial charge in [0.15, 0.2) is 5.65 Å². The van der Waals surface area contributed by atoms with E-state index < -0.39 is 0 Å². The predicted molar refractivity (Wildman–Crippen MR) is 83.1 cm³/mol. The van der Waals surface area contributed by atoms with Crippen LogP contribution < -0.4 is 5.32 Å². The molecule has 3 aromatic heterocycles. The van der Waals surface area contributed by atoms with Crippen LogP contribution in [0.2, 0.25) is 0 Å². The lowest BCUT2D eigenvalue weighted by Crippen LogP contribution is -2.24. The molecule has 5 nitrogen and oxygen atoms in total. The summed E-state index contributed by atoms with van der Waals surface area (Å²) in [5.41, 5.74) is 0.816. The van der Waals surface area contributed by atoms with Crippen molar-refractivity contribution in [3.63, 3.8) is 0 Å². The van der Waals surface area contributed by atoms with Crippen molar-refractivity contribution in [3.8, 4) is 0 Å². The Kier molecular flexibility index (Phi) is 4.07. The number of nitrogens with one attached hydrogen (secondary N) is 1. The first-order valence-electron chi connectivity index (χ1n) is 6.61. The quantitative estimate of drug-likeness (QED) is 0.734. The molecule has 0 aliphatic carbocycles. The highest BCUT2D eigenvalue weighted by Gasteiger charge is 2.04. The second-order valence-electron chi connectivity index (χ2n) is 4.43. The third-order valence-electron chi connectivity index (χ3n) is 2.97. The van der Waals surface area contributed by atoms with Crippen molar-refractivity contribution < 1.29 is 4.79 Å². The molecule has 0 atom stereocenters. The van der Waals surface area contributed by atoms with E-state index >= 15 is 0 Å². The molecule has 3 aromatic rings. The van der Waals surface area contributed by atoms with Gasteiger partial charge in [-0.25, -0.2) is 0 Å². The standard InChI is InChI=1S/C15H14N4OS/c20-15(7-6-12-4-3-11-21-12)16-9-8-14-18-17-13-5-1-2-10-19(13)14/h1-7,10-11H,8-9H2,(H,16,20)/b7-6+. The summed E-state index contributed by atoms with van der Waals surface area (Å²) in [7, 11) is 0. The van der Waals surface area contributed by atoms with E-state index in [0.29, 0.717) is 13.0 Å². The molecule has 0 aromatic carbocycles. The number of fused-ring (bicyclic) bond motifs is 1. The van der Waals surface area contributed by atoms with Crippen molar-refractivity contribution in [1.29, 1.82) is 0 Å². The van der Waals surface area contributed by atoms with Crippen LogP contribution in [-0.4, -0.2) is 27.0 Å². The zero-order valence-electron chi connectivity index (χ0n) is 11.3. The van der Waals surface area contributed by atoms with Gasteiger partial charge in [0.05, 0.1) is 0 Å². The van der Waals surface area contributed by atoms with Gasteiger partial charge in [0.25, 0.3) is 0 Å². The van der Waals surface area contributed by atoms with E-state index in [2.05, 4.69) is 15.5 Å². The number of amides is 1. The Hall–Kier alpha value is -2.47. The second-order valence-corrected chi connectivity index (χ2v) is 5.41. The highest BCUT2D eigenvalue weighted by Crippen LogP contribution is 2.09. The molecule has 0 spiro atoms. The molecule has 0 unspecified atom stereocenters. The van der Waals surface area contributed by atoms with E-state index in [-0.39, 0.29) is 5.91 Å². The molecular formula is C15H14N4OS. The van der Waals surface area contributed by atoms with Crippen LogP contribution in [0.1, 0.15) is 10.7 Å². The van der Waals surface area contributed by atoms with E-state index in [0.717, 1.165) is 16.3 Å². The number of nitrogens with zero attached hydrogens (tertiary/aromatic N) is 3. The number of aromatic nitrogens is 3. The minimum Gasteiger partial charge on any atom is -0.352 e. The zero-order chi connectivity index (χ0) is 14.5. The minimum absolute atomic E-state index is 0.0998. The Balaban J connectivity index is 1.53. The molecule has 106 valence electrons. The van der Waals surface area contributed by atoms with E-state index in [1.165, 1.54) is 0 Å². The van der Waals surface area contributed by atoms with E-state index in [9.17, 15) is 4.79 Å². The molecule has 0 aliphatic rings.